The molecule has 0 bridgehead atoms. The molecule has 3 N–H and O–H groups in total. The van der Waals surface area contributed by atoms with Crippen molar-refractivity contribution >= 4 is 27.8 Å². The molecule has 0 aliphatic heterocycles. The van der Waals surface area contributed by atoms with E-state index >= 15 is 0 Å². The van der Waals surface area contributed by atoms with Crippen molar-refractivity contribution in [3.63, 3.8) is 0 Å². The van der Waals surface area contributed by atoms with Gasteiger partial charge in [-0.3, -0.25) is 4.79 Å². The summed E-state index contributed by atoms with van der Waals surface area (Å²) in [4.78, 5) is 22.3. The van der Waals surface area contributed by atoms with Crippen LogP contribution < -0.4 is 10.1 Å². The molecule has 1 amide bonds. The summed E-state index contributed by atoms with van der Waals surface area (Å²) in [5, 5.41) is 19.9. The van der Waals surface area contributed by atoms with Gasteiger partial charge in [0, 0.05) is 17.5 Å². The third kappa shape index (κ3) is 6.03. The topological polar surface area (TPSA) is 95.9 Å². The van der Waals surface area contributed by atoms with Crippen LogP contribution in [0.25, 0.3) is 0 Å². The van der Waals surface area contributed by atoms with Crippen molar-refractivity contribution in [1.29, 1.82) is 0 Å². The number of aliphatic hydroxyl groups excluding tert-OH is 1. The quantitative estimate of drug-likeness (QED) is 0.657. The van der Waals surface area contributed by atoms with Crippen LogP contribution in [0, 0.1) is 0 Å². The molecule has 1 aromatic rings. The van der Waals surface area contributed by atoms with Crippen molar-refractivity contribution < 1.29 is 24.5 Å². The molecular weight excluding hydrogens is 330 g/mol. The average molecular weight is 346 g/mol. The van der Waals surface area contributed by atoms with E-state index in [0.29, 0.717) is 5.75 Å². The summed E-state index contributed by atoms with van der Waals surface area (Å²) in [7, 11) is 0. The fourth-order valence-electron chi connectivity index (χ4n) is 1.47. The largest absolute Gasteiger partial charge is 0.493 e. The average Bonchev–Trinajstić information content (AvgIpc) is 2.38. The standard InChI is InChI=1S/C13H16BrNO5/c14-9-2-1-3-10(8-9)20-7-5-12(17)15-11(4-6-16)13(18)19/h1-3,8,11,16H,4-7H2,(H,15,17)(H,18,19)/t11-/m1/s1. The zero-order valence-electron chi connectivity index (χ0n) is 10.7. The Morgan fingerprint density at radius 2 is 2.15 bits per heavy atom. The van der Waals surface area contributed by atoms with E-state index < -0.39 is 17.9 Å². The molecule has 0 aromatic heterocycles. The molecule has 0 heterocycles. The third-order valence-corrected chi connectivity index (χ3v) is 2.94. The van der Waals surface area contributed by atoms with Crippen LogP contribution in [0.5, 0.6) is 5.75 Å². The maximum Gasteiger partial charge on any atom is 0.326 e. The molecule has 1 aromatic carbocycles. The first-order valence-electron chi connectivity index (χ1n) is 6.04. The predicted octanol–water partition coefficient (Wildman–Crippen LogP) is 1.17. The molecule has 6 nitrogen and oxygen atoms in total. The molecule has 0 saturated carbocycles. The minimum absolute atomic E-state index is 0.0203. The molecule has 0 aliphatic rings. The second kappa shape index (κ2) is 8.55. The summed E-state index contributed by atoms with van der Waals surface area (Å²) >= 11 is 3.30. The van der Waals surface area contributed by atoms with Gasteiger partial charge in [-0.2, -0.15) is 0 Å². The first-order chi connectivity index (χ1) is 9.52. The van der Waals surface area contributed by atoms with Crippen LogP contribution in [0.3, 0.4) is 0 Å². The number of hydrogen-bond donors (Lipinski definition) is 3. The molecule has 20 heavy (non-hydrogen) atoms. The predicted molar refractivity (Wildman–Crippen MR) is 75.5 cm³/mol. The number of carbonyl (C=O) groups is 2. The number of ether oxygens (including phenoxy) is 1. The Balaban J connectivity index is 2.34. The first-order valence-corrected chi connectivity index (χ1v) is 6.83. The Kier molecular flexibility index (Phi) is 7.03. The van der Waals surface area contributed by atoms with Crippen molar-refractivity contribution in [2.24, 2.45) is 0 Å². The second-order valence-electron chi connectivity index (χ2n) is 4.03. The number of rotatable bonds is 8. The van der Waals surface area contributed by atoms with Crippen LogP contribution in [0.15, 0.2) is 28.7 Å². The number of nitrogens with one attached hydrogen (secondary N) is 1. The van der Waals surface area contributed by atoms with Crippen LogP contribution in [-0.2, 0) is 9.59 Å². The van der Waals surface area contributed by atoms with Crippen LogP contribution in [0.4, 0.5) is 0 Å². The third-order valence-electron chi connectivity index (χ3n) is 2.45. The maximum absolute atomic E-state index is 11.5. The summed E-state index contributed by atoms with van der Waals surface area (Å²) < 4.78 is 6.24. The minimum atomic E-state index is -1.17. The molecule has 0 saturated heterocycles. The van der Waals surface area contributed by atoms with E-state index in [4.69, 9.17) is 14.9 Å². The number of aliphatic hydroxyl groups is 1. The molecule has 0 fully saturated rings. The van der Waals surface area contributed by atoms with Crippen LogP contribution in [-0.4, -0.2) is 41.3 Å². The highest BCUT2D eigenvalue weighted by molar-refractivity contribution is 9.10. The highest BCUT2D eigenvalue weighted by atomic mass is 79.9. The molecule has 7 heteroatoms. The molecule has 1 atom stereocenters. The number of halogens is 1. The molecule has 0 aliphatic carbocycles. The summed E-state index contributed by atoms with van der Waals surface area (Å²) in [6, 6.07) is 6.11. The Bertz CT molecular complexity index is 466. The molecule has 1 rings (SSSR count). The van der Waals surface area contributed by atoms with E-state index in [9.17, 15) is 9.59 Å². The maximum atomic E-state index is 11.5. The Hall–Kier alpha value is -1.60. The van der Waals surface area contributed by atoms with Crippen molar-refractivity contribution in [1.82, 2.24) is 5.32 Å². The number of amides is 1. The van der Waals surface area contributed by atoms with Gasteiger partial charge in [0.25, 0.3) is 0 Å². The number of benzene rings is 1. The van der Waals surface area contributed by atoms with Crippen molar-refractivity contribution in [3.8, 4) is 5.75 Å². The lowest BCUT2D eigenvalue weighted by Gasteiger charge is -2.13. The molecule has 110 valence electrons. The van der Waals surface area contributed by atoms with Gasteiger partial charge in [-0.1, -0.05) is 22.0 Å². The Morgan fingerprint density at radius 3 is 2.75 bits per heavy atom. The van der Waals surface area contributed by atoms with Crippen LogP contribution in [0.2, 0.25) is 0 Å². The van der Waals surface area contributed by atoms with Gasteiger partial charge in [-0.15, -0.1) is 0 Å². The van der Waals surface area contributed by atoms with E-state index in [0.717, 1.165) is 4.47 Å². The molecule has 0 spiro atoms. The molecular formula is C13H16BrNO5. The highest BCUT2D eigenvalue weighted by Gasteiger charge is 2.18. The number of carboxylic acid groups (broad SMARTS) is 1. The lowest BCUT2D eigenvalue weighted by atomic mass is 10.2. The van der Waals surface area contributed by atoms with Crippen molar-refractivity contribution in [2.75, 3.05) is 13.2 Å². The lowest BCUT2D eigenvalue weighted by Crippen LogP contribution is -2.41. The Morgan fingerprint density at radius 1 is 1.40 bits per heavy atom. The van der Waals surface area contributed by atoms with Gasteiger partial charge in [0.15, 0.2) is 0 Å². The van der Waals surface area contributed by atoms with E-state index in [1.165, 1.54) is 0 Å². The number of carbonyl (C=O) groups excluding carboxylic acids is 1. The Labute approximate surface area is 124 Å². The zero-order chi connectivity index (χ0) is 15.0. The molecule has 0 unspecified atom stereocenters. The summed E-state index contributed by atoms with van der Waals surface area (Å²) in [5.74, 6) is -0.974. The van der Waals surface area contributed by atoms with E-state index in [2.05, 4.69) is 21.2 Å². The minimum Gasteiger partial charge on any atom is -0.493 e. The number of aliphatic carboxylic acids is 1. The zero-order valence-corrected chi connectivity index (χ0v) is 12.3. The van der Waals surface area contributed by atoms with Gasteiger partial charge in [-0.25, -0.2) is 4.79 Å². The van der Waals surface area contributed by atoms with Gasteiger partial charge in [0.1, 0.15) is 11.8 Å². The van der Waals surface area contributed by atoms with Crippen molar-refractivity contribution in [2.45, 2.75) is 18.9 Å². The SMILES string of the molecule is O=C(CCOc1cccc(Br)c1)N[C@H](CCO)C(=O)O. The number of hydrogen-bond acceptors (Lipinski definition) is 4. The lowest BCUT2D eigenvalue weighted by molar-refractivity contribution is -0.142. The summed E-state index contributed by atoms with van der Waals surface area (Å²) in [5.41, 5.74) is 0. The van der Waals surface area contributed by atoms with Gasteiger partial charge in [0.05, 0.1) is 13.0 Å². The van der Waals surface area contributed by atoms with E-state index in [-0.39, 0.29) is 26.1 Å². The first kappa shape index (κ1) is 16.5. The van der Waals surface area contributed by atoms with Gasteiger partial charge >= 0.3 is 5.97 Å². The van der Waals surface area contributed by atoms with Gasteiger partial charge in [0.2, 0.25) is 5.91 Å². The highest BCUT2D eigenvalue weighted by Crippen LogP contribution is 2.17. The smallest absolute Gasteiger partial charge is 0.326 e. The normalized spacial score (nSPS) is 11.7. The monoisotopic (exact) mass is 345 g/mol. The second-order valence-corrected chi connectivity index (χ2v) is 4.94. The van der Waals surface area contributed by atoms with Gasteiger partial charge in [-0.05, 0) is 18.2 Å². The van der Waals surface area contributed by atoms with E-state index in [1.807, 2.05) is 6.07 Å². The van der Waals surface area contributed by atoms with Gasteiger partial charge < -0.3 is 20.3 Å². The fraction of sp³-hybridized carbons (Fsp3) is 0.385. The summed E-state index contributed by atoms with van der Waals surface area (Å²) in [6.07, 6.45) is 0.0231. The summed E-state index contributed by atoms with van der Waals surface area (Å²) in [6.45, 7) is -0.153. The number of carboxylic acids is 1. The van der Waals surface area contributed by atoms with Crippen LogP contribution in [0.1, 0.15) is 12.8 Å². The van der Waals surface area contributed by atoms with Crippen LogP contribution >= 0.6 is 15.9 Å². The van der Waals surface area contributed by atoms with E-state index in [1.54, 1.807) is 18.2 Å². The molecule has 0 radical (unpaired) electrons. The fourth-order valence-corrected chi connectivity index (χ4v) is 1.85. The van der Waals surface area contributed by atoms with Crippen molar-refractivity contribution in [3.05, 3.63) is 28.7 Å².